The Balaban J connectivity index is 1.88. The van der Waals surface area contributed by atoms with E-state index in [0.717, 1.165) is 29.7 Å². The molecule has 1 saturated heterocycles. The quantitative estimate of drug-likeness (QED) is 0.926. The van der Waals surface area contributed by atoms with Crippen LogP contribution in [0.15, 0.2) is 22.7 Å². The Morgan fingerprint density at radius 1 is 1.50 bits per heavy atom. The van der Waals surface area contributed by atoms with Crippen molar-refractivity contribution in [2.75, 3.05) is 25.3 Å². The minimum atomic E-state index is 0.252. The highest BCUT2D eigenvalue weighted by atomic mass is 79.9. The van der Waals surface area contributed by atoms with Gasteiger partial charge in [-0.15, -0.1) is 0 Å². The third-order valence-electron chi connectivity index (χ3n) is 2.62. The normalized spacial score (nSPS) is 20.8. The number of hydrogen-bond acceptors (Lipinski definition) is 3. The molecule has 1 aromatic carbocycles. The standard InChI is InChI=1S/C12H16BrNO2/c1-9-2-3-12(11(13)6-9)14-7-10-4-5-15-8-16-10/h2-3,6,10,14H,4-5,7-8H2,1H3. The molecule has 0 aromatic heterocycles. The van der Waals surface area contributed by atoms with Crippen LogP contribution in [0.5, 0.6) is 0 Å². The fourth-order valence-corrected chi connectivity index (χ4v) is 2.28. The summed E-state index contributed by atoms with van der Waals surface area (Å²) in [6, 6.07) is 6.28. The van der Waals surface area contributed by atoms with Crippen LogP contribution in [0.3, 0.4) is 0 Å². The molecule has 1 aliphatic rings. The molecule has 3 nitrogen and oxygen atoms in total. The van der Waals surface area contributed by atoms with Crippen molar-refractivity contribution in [2.45, 2.75) is 19.4 Å². The minimum Gasteiger partial charge on any atom is -0.382 e. The lowest BCUT2D eigenvalue weighted by Gasteiger charge is -2.23. The number of anilines is 1. The molecular formula is C12H16BrNO2. The van der Waals surface area contributed by atoms with Crippen LogP contribution in [0.4, 0.5) is 5.69 Å². The van der Waals surface area contributed by atoms with Gasteiger partial charge in [-0.3, -0.25) is 0 Å². The van der Waals surface area contributed by atoms with Gasteiger partial charge in [0.2, 0.25) is 0 Å². The van der Waals surface area contributed by atoms with Crippen molar-refractivity contribution in [3.05, 3.63) is 28.2 Å². The fraction of sp³-hybridized carbons (Fsp3) is 0.500. The van der Waals surface area contributed by atoms with Gasteiger partial charge in [0.05, 0.1) is 12.7 Å². The Bertz CT molecular complexity index is 351. The van der Waals surface area contributed by atoms with Crippen LogP contribution >= 0.6 is 15.9 Å². The molecule has 1 N–H and O–H groups in total. The highest BCUT2D eigenvalue weighted by molar-refractivity contribution is 9.10. The van der Waals surface area contributed by atoms with E-state index in [9.17, 15) is 0 Å². The topological polar surface area (TPSA) is 30.5 Å². The number of nitrogens with one attached hydrogen (secondary N) is 1. The maximum absolute atomic E-state index is 5.46. The average Bonchev–Trinajstić information content (AvgIpc) is 2.29. The fourth-order valence-electron chi connectivity index (χ4n) is 1.65. The van der Waals surface area contributed by atoms with E-state index in [1.807, 2.05) is 0 Å². The first kappa shape index (κ1) is 11.9. The van der Waals surface area contributed by atoms with Gasteiger partial charge in [0, 0.05) is 16.7 Å². The van der Waals surface area contributed by atoms with Gasteiger partial charge in [-0.05, 0) is 47.0 Å². The van der Waals surface area contributed by atoms with Gasteiger partial charge in [0.25, 0.3) is 0 Å². The predicted molar refractivity (Wildman–Crippen MR) is 67.7 cm³/mol. The summed E-state index contributed by atoms with van der Waals surface area (Å²) in [5.74, 6) is 0. The van der Waals surface area contributed by atoms with Crippen LogP contribution in [-0.2, 0) is 9.47 Å². The molecule has 0 amide bonds. The van der Waals surface area contributed by atoms with E-state index in [4.69, 9.17) is 9.47 Å². The molecule has 0 aliphatic carbocycles. The van der Waals surface area contributed by atoms with E-state index in [0.29, 0.717) is 6.79 Å². The van der Waals surface area contributed by atoms with E-state index in [2.05, 4.69) is 46.4 Å². The molecule has 0 spiro atoms. The van der Waals surface area contributed by atoms with Crippen molar-refractivity contribution in [1.29, 1.82) is 0 Å². The Morgan fingerprint density at radius 2 is 2.38 bits per heavy atom. The second kappa shape index (κ2) is 5.66. The molecule has 0 saturated carbocycles. The van der Waals surface area contributed by atoms with Gasteiger partial charge in [-0.25, -0.2) is 0 Å². The SMILES string of the molecule is Cc1ccc(NCC2CCOCO2)c(Br)c1. The number of aryl methyl sites for hydroxylation is 1. The summed E-state index contributed by atoms with van der Waals surface area (Å²) in [4.78, 5) is 0. The summed E-state index contributed by atoms with van der Waals surface area (Å²) in [5.41, 5.74) is 2.36. The van der Waals surface area contributed by atoms with E-state index in [-0.39, 0.29) is 6.10 Å². The number of rotatable bonds is 3. The van der Waals surface area contributed by atoms with Crippen molar-refractivity contribution >= 4 is 21.6 Å². The summed E-state index contributed by atoms with van der Waals surface area (Å²) >= 11 is 3.54. The lowest BCUT2D eigenvalue weighted by molar-refractivity contribution is -0.133. The van der Waals surface area contributed by atoms with Crippen molar-refractivity contribution in [1.82, 2.24) is 0 Å². The largest absolute Gasteiger partial charge is 0.382 e. The Morgan fingerprint density at radius 3 is 3.06 bits per heavy atom. The molecule has 88 valence electrons. The van der Waals surface area contributed by atoms with Crippen LogP contribution in [0.2, 0.25) is 0 Å². The molecule has 0 bridgehead atoms. The van der Waals surface area contributed by atoms with Gasteiger partial charge in [-0.1, -0.05) is 6.07 Å². The van der Waals surface area contributed by atoms with Crippen LogP contribution in [0, 0.1) is 6.92 Å². The van der Waals surface area contributed by atoms with E-state index in [1.165, 1.54) is 5.56 Å². The van der Waals surface area contributed by atoms with E-state index < -0.39 is 0 Å². The summed E-state index contributed by atoms with van der Waals surface area (Å²) in [6.45, 7) is 4.12. The maximum atomic E-state index is 5.46. The minimum absolute atomic E-state index is 0.252. The first-order valence-corrected chi connectivity index (χ1v) is 6.24. The molecule has 2 rings (SSSR count). The number of ether oxygens (including phenoxy) is 2. The molecule has 1 aliphatic heterocycles. The first-order valence-electron chi connectivity index (χ1n) is 5.45. The van der Waals surface area contributed by atoms with Crippen molar-refractivity contribution in [3.63, 3.8) is 0 Å². The summed E-state index contributed by atoms with van der Waals surface area (Å²) < 4.78 is 11.7. The second-order valence-corrected chi connectivity index (χ2v) is 4.82. The molecule has 1 heterocycles. The molecule has 1 unspecified atom stereocenters. The van der Waals surface area contributed by atoms with Gasteiger partial charge in [0.1, 0.15) is 6.79 Å². The Labute approximate surface area is 104 Å². The van der Waals surface area contributed by atoms with Gasteiger partial charge in [0.15, 0.2) is 0 Å². The number of hydrogen-bond donors (Lipinski definition) is 1. The predicted octanol–water partition coefficient (Wildman–Crippen LogP) is 2.93. The zero-order valence-electron chi connectivity index (χ0n) is 9.33. The van der Waals surface area contributed by atoms with Crippen molar-refractivity contribution in [3.8, 4) is 0 Å². The van der Waals surface area contributed by atoms with Gasteiger partial charge < -0.3 is 14.8 Å². The number of halogens is 1. The summed E-state index contributed by atoms with van der Waals surface area (Å²) in [5, 5.41) is 3.38. The van der Waals surface area contributed by atoms with E-state index in [1.54, 1.807) is 0 Å². The molecule has 4 heteroatoms. The van der Waals surface area contributed by atoms with Crippen molar-refractivity contribution < 1.29 is 9.47 Å². The zero-order chi connectivity index (χ0) is 11.4. The van der Waals surface area contributed by atoms with Gasteiger partial charge in [-0.2, -0.15) is 0 Å². The lowest BCUT2D eigenvalue weighted by Crippen LogP contribution is -2.30. The van der Waals surface area contributed by atoms with Crippen molar-refractivity contribution in [2.24, 2.45) is 0 Å². The monoisotopic (exact) mass is 285 g/mol. The second-order valence-electron chi connectivity index (χ2n) is 3.97. The third-order valence-corrected chi connectivity index (χ3v) is 3.27. The highest BCUT2D eigenvalue weighted by Gasteiger charge is 2.13. The smallest absolute Gasteiger partial charge is 0.147 e. The summed E-state index contributed by atoms with van der Waals surface area (Å²) in [6.07, 6.45) is 1.21. The third kappa shape index (κ3) is 3.20. The molecule has 1 aromatic rings. The lowest BCUT2D eigenvalue weighted by atomic mass is 10.2. The Hall–Kier alpha value is -0.580. The molecule has 1 fully saturated rings. The molecule has 0 radical (unpaired) electrons. The van der Waals surface area contributed by atoms with Crippen LogP contribution in [0.1, 0.15) is 12.0 Å². The molecular weight excluding hydrogens is 270 g/mol. The zero-order valence-corrected chi connectivity index (χ0v) is 10.9. The Kier molecular flexibility index (Phi) is 4.21. The average molecular weight is 286 g/mol. The highest BCUT2D eigenvalue weighted by Crippen LogP contribution is 2.23. The van der Waals surface area contributed by atoms with Gasteiger partial charge >= 0.3 is 0 Å². The van der Waals surface area contributed by atoms with Crippen LogP contribution < -0.4 is 5.32 Å². The number of benzene rings is 1. The summed E-state index contributed by atoms with van der Waals surface area (Å²) in [7, 11) is 0. The van der Waals surface area contributed by atoms with Crippen LogP contribution in [-0.4, -0.2) is 26.0 Å². The maximum Gasteiger partial charge on any atom is 0.147 e. The molecule has 16 heavy (non-hydrogen) atoms. The molecule has 1 atom stereocenters. The first-order chi connectivity index (χ1) is 7.75. The van der Waals surface area contributed by atoms with E-state index >= 15 is 0 Å². The van der Waals surface area contributed by atoms with Crippen LogP contribution in [0.25, 0.3) is 0 Å².